The van der Waals surface area contributed by atoms with Crippen molar-refractivity contribution in [2.45, 2.75) is 38.5 Å². The van der Waals surface area contributed by atoms with Gasteiger partial charge in [0.2, 0.25) is 5.91 Å². The van der Waals surface area contributed by atoms with E-state index in [0.717, 1.165) is 30.1 Å². The molecule has 1 aromatic carbocycles. The normalized spacial score (nSPS) is 18.7. The largest absolute Gasteiger partial charge is 0.355 e. The average molecular weight is 309 g/mol. The minimum atomic E-state index is -0.116. The zero-order chi connectivity index (χ0) is 15.3. The molecule has 1 unspecified atom stereocenters. The Balaban J connectivity index is 1.79. The lowest BCUT2D eigenvalue weighted by molar-refractivity contribution is -0.121. The third kappa shape index (κ3) is 5.01. The van der Waals surface area contributed by atoms with E-state index in [1.54, 1.807) is 0 Å². The van der Waals surface area contributed by atoms with Crippen molar-refractivity contribution >= 4 is 17.5 Å². The van der Waals surface area contributed by atoms with E-state index >= 15 is 0 Å². The summed E-state index contributed by atoms with van der Waals surface area (Å²) in [5, 5.41) is 7.13. The Morgan fingerprint density at radius 3 is 2.95 bits per heavy atom. The molecule has 0 spiro atoms. The number of carbonyl (C=O) groups excluding carboxylic acids is 1. The molecule has 0 aliphatic carbocycles. The van der Waals surface area contributed by atoms with Crippen LogP contribution in [0, 0.1) is 5.92 Å². The van der Waals surface area contributed by atoms with Gasteiger partial charge in [-0.25, -0.2) is 0 Å². The van der Waals surface area contributed by atoms with Crippen LogP contribution in [-0.2, 0) is 10.2 Å². The zero-order valence-electron chi connectivity index (χ0n) is 12.9. The van der Waals surface area contributed by atoms with Crippen LogP contribution in [0.3, 0.4) is 0 Å². The van der Waals surface area contributed by atoms with Gasteiger partial charge in [0.1, 0.15) is 0 Å². The van der Waals surface area contributed by atoms with Crippen molar-refractivity contribution in [3.8, 4) is 0 Å². The van der Waals surface area contributed by atoms with Crippen LogP contribution in [-0.4, -0.2) is 25.5 Å². The van der Waals surface area contributed by atoms with Crippen LogP contribution >= 0.6 is 11.6 Å². The van der Waals surface area contributed by atoms with E-state index in [4.69, 9.17) is 11.6 Å². The van der Waals surface area contributed by atoms with E-state index in [-0.39, 0.29) is 11.3 Å². The molecule has 3 nitrogen and oxygen atoms in total. The highest BCUT2D eigenvalue weighted by Gasteiger charge is 2.22. The predicted molar refractivity (Wildman–Crippen MR) is 87.7 cm³/mol. The molecule has 0 bridgehead atoms. The fourth-order valence-electron chi connectivity index (χ4n) is 2.72. The lowest BCUT2D eigenvalue weighted by Gasteiger charge is -2.26. The third-order valence-electron chi connectivity index (χ3n) is 4.28. The molecule has 1 aliphatic heterocycles. The van der Waals surface area contributed by atoms with Crippen molar-refractivity contribution in [3.63, 3.8) is 0 Å². The second-order valence-corrected chi connectivity index (χ2v) is 7.00. The highest BCUT2D eigenvalue weighted by molar-refractivity contribution is 6.30. The highest BCUT2D eigenvalue weighted by Crippen LogP contribution is 2.25. The van der Waals surface area contributed by atoms with Crippen LogP contribution in [0.15, 0.2) is 24.3 Å². The molecular formula is C17H25ClN2O. The van der Waals surface area contributed by atoms with Crippen molar-refractivity contribution in [2.24, 2.45) is 5.92 Å². The van der Waals surface area contributed by atoms with Gasteiger partial charge in [0, 0.05) is 23.4 Å². The Morgan fingerprint density at radius 2 is 2.29 bits per heavy atom. The molecule has 0 radical (unpaired) electrons. The van der Waals surface area contributed by atoms with Crippen LogP contribution in [0.1, 0.15) is 38.7 Å². The summed E-state index contributed by atoms with van der Waals surface area (Å²) in [4.78, 5) is 12.0. The molecule has 21 heavy (non-hydrogen) atoms. The average Bonchev–Trinajstić information content (AvgIpc) is 2.96. The second kappa shape index (κ2) is 7.28. The number of benzene rings is 1. The third-order valence-corrected chi connectivity index (χ3v) is 4.51. The number of nitrogens with one attached hydrogen (secondary N) is 2. The molecule has 2 rings (SSSR count). The van der Waals surface area contributed by atoms with Gasteiger partial charge >= 0.3 is 0 Å². The van der Waals surface area contributed by atoms with E-state index in [1.807, 2.05) is 18.2 Å². The van der Waals surface area contributed by atoms with Crippen LogP contribution in [0.2, 0.25) is 5.02 Å². The maximum absolute atomic E-state index is 12.0. The molecule has 1 amide bonds. The number of carbonyl (C=O) groups is 1. The van der Waals surface area contributed by atoms with Gasteiger partial charge in [-0.2, -0.15) is 0 Å². The van der Waals surface area contributed by atoms with E-state index in [0.29, 0.717) is 18.9 Å². The van der Waals surface area contributed by atoms with Gasteiger partial charge in [-0.05, 0) is 49.5 Å². The topological polar surface area (TPSA) is 41.1 Å². The van der Waals surface area contributed by atoms with E-state index in [2.05, 4.69) is 30.5 Å². The van der Waals surface area contributed by atoms with E-state index in [1.165, 1.54) is 6.42 Å². The Morgan fingerprint density at radius 1 is 1.48 bits per heavy atom. The van der Waals surface area contributed by atoms with Crippen LogP contribution < -0.4 is 10.6 Å². The summed E-state index contributed by atoms with van der Waals surface area (Å²) < 4.78 is 0. The molecule has 1 saturated heterocycles. The number of rotatable bonds is 6. The molecule has 116 valence electrons. The maximum Gasteiger partial charge on any atom is 0.220 e. The molecule has 2 N–H and O–H groups in total. The maximum atomic E-state index is 12.0. The van der Waals surface area contributed by atoms with Crippen LogP contribution in [0.25, 0.3) is 0 Å². The number of hydrogen-bond acceptors (Lipinski definition) is 2. The Bertz CT molecular complexity index is 481. The zero-order valence-corrected chi connectivity index (χ0v) is 13.7. The van der Waals surface area contributed by atoms with Crippen molar-refractivity contribution in [3.05, 3.63) is 34.9 Å². The van der Waals surface area contributed by atoms with Gasteiger partial charge in [-0.15, -0.1) is 0 Å². The minimum Gasteiger partial charge on any atom is -0.355 e. The summed E-state index contributed by atoms with van der Waals surface area (Å²) in [6.07, 6.45) is 2.80. The van der Waals surface area contributed by atoms with Gasteiger partial charge in [0.05, 0.1) is 0 Å². The van der Waals surface area contributed by atoms with E-state index in [9.17, 15) is 4.79 Å². The molecule has 4 heteroatoms. The molecule has 0 saturated carbocycles. The number of hydrogen-bond donors (Lipinski definition) is 2. The van der Waals surface area contributed by atoms with Gasteiger partial charge in [0.15, 0.2) is 0 Å². The standard InChI is InChI=1S/C17H25ClN2O/c1-17(2,14-4-3-5-15(18)10-14)12-20-16(21)7-6-13-8-9-19-11-13/h3-5,10,13,19H,6-9,11-12H2,1-2H3,(H,20,21). The molecule has 0 aromatic heterocycles. The van der Waals surface area contributed by atoms with Crippen molar-refractivity contribution in [2.75, 3.05) is 19.6 Å². The molecule has 1 heterocycles. The summed E-state index contributed by atoms with van der Waals surface area (Å²) in [7, 11) is 0. The molecule has 1 atom stereocenters. The number of halogens is 1. The predicted octanol–water partition coefficient (Wildman–Crippen LogP) is 3.12. The number of amides is 1. The van der Waals surface area contributed by atoms with Crippen LogP contribution in [0.5, 0.6) is 0 Å². The fraction of sp³-hybridized carbons (Fsp3) is 0.588. The van der Waals surface area contributed by atoms with Crippen LogP contribution in [0.4, 0.5) is 0 Å². The first-order chi connectivity index (χ1) is 9.97. The Kier molecular flexibility index (Phi) is 5.65. The minimum absolute atomic E-state index is 0.116. The van der Waals surface area contributed by atoms with Crippen molar-refractivity contribution < 1.29 is 4.79 Å². The van der Waals surface area contributed by atoms with Gasteiger partial charge in [0.25, 0.3) is 0 Å². The van der Waals surface area contributed by atoms with Crippen molar-refractivity contribution in [1.29, 1.82) is 0 Å². The first-order valence-electron chi connectivity index (χ1n) is 7.71. The second-order valence-electron chi connectivity index (χ2n) is 6.57. The van der Waals surface area contributed by atoms with Gasteiger partial charge in [-0.3, -0.25) is 4.79 Å². The van der Waals surface area contributed by atoms with Crippen molar-refractivity contribution in [1.82, 2.24) is 10.6 Å². The van der Waals surface area contributed by atoms with E-state index < -0.39 is 0 Å². The summed E-state index contributed by atoms with van der Waals surface area (Å²) in [6, 6.07) is 7.85. The van der Waals surface area contributed by atoms with Gasteiger partial charge in [-0.1, -0.05) is 37.6 Å². The summed E-state index contributed by atoms with van der Waals surface area (Å²) >= 11 is 6.04. The smallest absolute Gasteiger partial charge is 0.220 e. The first kappa shape index (κ1) is 16.3. The quantitative estimate of drug-likeness (QED) is 0.848. The SMILES string of the molecule is CC(C)(CNC(=O)CCC1CCNC1)c1cccc(Cl)c1. The molecule has 1 aromatic rings. The molecule has 1 fully saturated rings. The highest BCUT2D eigenvalue weighted by atomic mass is 35.5. The summed E-state index contributed by atoms with van der Waals surface area (Å²) in [6.45, 7) is 7.03. The first-order valence-corrected chi connectivity index (χ1v) is 8.08. The Labute approximate surface area is 132 Å². The fourth-order valence-corrected chi connectivity index (χ4v) is 2.91. The summed E-state index contributed by atoms with van der Waals surface area (Å²) in [5.41, 5.74) is 1.03. The summed E-state index contributed by atoms with van der Waals surface area (Å²) in [5.74, 6) is 0.814. The monoisotopic (exact) mass is 308 g/mol. The lowest BCUT2D eigenvalue weighted by atomic mass is 9.84. The Hall–Kier alpha value is -1.06. The van der Waals surface area contributed by atoms with Gasteiger partial charge < -0.3 is 10.6 Å². The molecular weight excluding hydrogens is 284 g/mol. The lowest BCUT2D eigenvalue weighted by Crippen LogP contribution is -2.36. The molecule has 1 aliphatic rings.